The van der Waals surface area contributed by atoms with Gasteiger partial charge < -0.3 is 5.73 Å². The smallest absolute Gasteiger partial charge is 0.220 e. The number of hydrogen-bond donors (Lipinski definition) is 1. The number of rotatable bonds is 1. The van der Waals surface area contributed by atoms with Crippen LogP contribution in [-0.4, -0.2) is 15.8 Å². The maximum Gasteiger partial charge on any atom is 0.220 e. The van der Waals surface area contributed by atoms with Crippen LogP contribution in [0.2, 0.25) is 0 Å². The standard InChI is InChI=1S/C14H11F2N3O/c15-8-1-2-9(11(16)5-8)7-3-12-10(13(20)4-7)6-18-14(17)19-12/h1-2,5-7H,3-4H2,(H2,17,18,19). The molecule has 102 valence electrons. The van der Waals surface area contributed by atoms with Gasteiger partial charge in [-0.2, -0.15) is 0 Å². The summed E-state index contributed by atoms with van der Waals surface area (Å²) in [6, 6.07) is 3.38. The van der Waals surface area contributed by atoms with Gasteiger partial charge in [-0.1, -0.05) is 6.07 Å². The van der Waals surface area contributed by atoms with E-state index in [2.05, 4.69) is 9.97 Å². The van der Waals surface area contributed by atoms with E-state index >= 15 is 0 Å². The van der Waals surface area contributed by atoms with Crippen molar-refractivity contribution in [2.24, 2.45) is 0 Å². The Hall–Kier alpha value is -2.37. The number of fused-ring (bicyclic) bond motifs is 1. The van der Waals surface area contributed by atoms with E-state index in [9.17, 15) is 13.6 Å². The van der Waals surface area contributed by atoms with Crippen LogP contribution in [0.25, 0.3) is 0 Å². The molecule has 1 aromatic heterocycles. The Morgan fingerprint density at radius 1 is 1.25 bits per heavy atom. The average molecular weight is 275 g/mol. The number of anilines is 1. The van der Waals surface area contributed by atoms with E-state index < -0.39 is 11.6 Å². The minimum absolute atomic E-state index is 0.0804. The molecule has 0 saturated carbocycles. The first-order chi connectivity index (χ1) is 9.54. The number of carbonyl (C=O) groups excluding carboxylic acids is 1. The highest BCUT2D eigenvalue weighted by Crippen LogP contribution is 2.33. The molecule has 0 fully saturated rings. The molecule has 2 N–H and O–H groups in total. The summed E-state index contributed by atoms with van der Waals surface area (Å²) in [5.74, 6) is -1.71. The summed E-state index contributed by atoms with van der Waals surface area (Å²) >= 11 is 0. The molecule has 20 heavy (non-hydrogen) atoms. The monoisotopic (exact) mass is 275 g/mol. The van der Waals surface area contributed by atoms with Gasteiger partial charge in [0.05, 0.1) is 11.3 Å². The second-order valence-electron chi connectivity index (χ2n) is 4.78. The normalized spacial score (nSPS) is 17.9. The molecule has 1 aliphatic carbocycles. The zero-order valence-electron chi connectivity index (χ0n) is 10.4. The number of nitrogens with zero attached hydrogens (tertiary/aromatic N) is 2. The summed E-state index contributed by atoms with van der Waals surface area (Å²) in [6.07, 6.45) is 1.94. The molecule has 1 atom stereocenters. The fourth-order valence-electron chi connectivity index (χ4n) is 2.51. The number of Topliss-reactive ketones (excluding diaryl/α,β-unsaturated/α-hetero) is 1. The molecule has 0 saturated heterocycles. The number of aromatic nitrogens is 2. The molecule has 1 unspecified atom stereocenters. The first-order valence-electron chi connectivity index (χ1n) is 6.14. The van der Waals surface area contributed by atoms with Gasteiger partial charge in [0.2, 0.25) is 5.95 Å². The Morgan fingerprint density at radius 3 is 2.80 bits per heavy atom. The van der Waals surface area contributed by atoms with Gasteiger partial charge in [0.25, 0.3) is 0 Å². The summed E-state index contributed by atoms with van der Waals surface area (Å²) in [5, 5.41) is 0. The lowest BCUT2D eigenvalue weighted by molar-refractivity contribution is 0.0962. The molecule has 1 heterocycles. The van der Waals surface area contributed by atoms with Crippen molar-refractivity contribution >= 4 is 11.7 Å². The van der Waals surface area contributed by atoms with Crippen LogP contribution in [0, 0.1) is 11.6 Å². The third-order valence-corrected chi connectivity index (χ3v) is 3.46. The molecule has 0 bridgehead atoms. The molecule has 0 spiro atoms. The zero-order valence-corrected chi connectivity index (χ0v) is 10.4. The number of nitrogens with two attached hydrogens (primary N) is 1. The van der Waals surface area contributed by atoms with E-state index in [0.717, 1.165) is 6.07 Å². The summed E-state index contributed by atoms with van der Waals surface area (Å²) in [4.78, 5) is 19.9. The molecule has 1 aliphatic rings. The highest BCUT2D eigenvalue weighted by molar-refractivity contribution is 5.98. The lowest BCUT2D eigenvalue weighted by Gasteiger charge is -2.23. The van der Waals surface area contributed by atoms with Gasteiger partial charge >= 0.3 is 0 Å². The van der Waals surface area contributed by atoms with Gasteiger partial charge in [-0.25, -0.2) is 18.7 Å². The zero-order chi connectivity index (χ0) is 14.3. The van der Waals surface area contributed by atoms with Crippen LogP contribution in [0.3, 0.4) is 0 Å². The molecule has 2 aromatic rings. The minimum Gasteiger partial charge on any atom is -0.368 e. The maximum atomic E-state index is 13.8. The fraction of sp³-hybridized carbons (Fsp3) is 0.214. The van der Waals surface area contributed by atoms with E-state index in [1.165, 1.54) is 18.3 Å². The second kappa shape index (κ2) is 4.63. The summed E-state index contributed by atoms with van der Waals surface area (Å²) in [5.41, 5.74) is 6.77. The SMILES string of the molecule is Nc1ncc2c(n1)CC(c1ccc(F)cc1F)CC2=O. The number of benzene rings is 1. The van der Waals surface area contributed by atoms with Gasteiger partial charge in [-0.3, -0.25) is 4.79 Å². The quantitative estimate of drug-likeness (QED) is 0.866. The topological polar surface area (TPSA) is 68.9 Å². The van der Waals surface area contributed by atoms with Crippen LogP contribution in [0.4, 0.5) is 14.7 Å². The van der Waals surface area contributed by atoms with Crippen molar-refractivity contribution < 1.29 is 13.6 Å². The Morgan fingerprint density at radius 2 is 2.05 bits per heavy atom. The predicted molar refractivity (Wildman–Crippen MR) is 68.2 cm³/mol. The Kier molecular flexibility index (Phi) is 2.93. The largest absolute Gasteiger partial charge is 0.368 e. The number of ketones is 1. The van der Waals surface area contributed by atoms with Gasteiger partial charge in [0.15, 0.2) is 5.78 Å². The summed E-state index contributed by atoms with van der Waals surface area (Å²) < 4.78 is 26.7. The lowest BCUT2D eigenvalue weighted by Crippen LogP contribution is -2.21. The Labute approximate surface area is 113 Å². The van der Waals surface area contributed by atoms with E-state index in [1.54, 1.807) is 0 Å². The van der Waals surface area contributed by atoms with Crippen LogP contribution in [0.1, 0.15) is 34.0 Å². The highest BCUT2D eigenvalue weighted by Gasteiger charge is 2.29. The molecular formula is C14H11F2N3O. The minimum atomic E-state index is -0.645. The van der Waals surface area contributed by atoms with Crippen LogP contribution in [0.5, 0.6) is 0 Å². The lowest BCUT2D eigenvalue weighted by atomic mass is 9.82. The summed E-state index contributed by atoms with van der Waals surface area (Å²) in [7, 11) is 0. The van der Waals surface area contributed by atoms with Crippen LogP contribution < -0.4 is 5.73 Å². The van der Waals surface area contributed by atoms with Crippen molar-refractivity contribution in [2.75, 3.05) is 5.73 Å². The first kappa shape index (κ1) is 12.7. The molecule has 3 rings (SSSR count). The number of halogens is 2. The number of nitrogen functional groups attached to an aromatic ring is 1. The molecular weight excluding hydrogens is 264 g/mol. The number of hydrogen-bond acceptors (Lipinski definition) is 4. The van der Waals surface area contributed by atoms with Crippen LogP contribution in [0.15, 0.2) is 24.4 Å². The molecule has 4 nitrogen and oxygen atoms in total. The van der Waals surface area contributed by atoms with Gasteiger partial charge in [0.1, 0.15) is 11.6 Å². The fourth-order valence-corrected chi connectivity index (χ4v) is 2.51. The van der Waals surface area contributed by atoms with Gasteiger partial charge in [-0.15, -0.1) is 0 Å². The van der Waals surface area contributed by atoms with Crippen molar-refractivity contribution in [1.29, 1.82) is 0 Å². The van der Waals surface area contributed by atoms with E-state index in [0.29, 0.717) is 23.2 Å². The van der Waals surface area contributed by atoms with E-state index in [4.69, 9.17) is 5.73 Å². The van der Waals surface area contributed by atoms with Crippen molar-refractivity contribution in [3.63, 3.8) is 0 Å². The molecule has 1 aromatic carbocycles. The van der Waals surface area contributed by atoms with Crippen LogP contribution >= 0.6 is 0 Å². The first-order valence-corrected chi connectivity index (χ1v) is 6.14. The van der Waals surface area contributed by atoms with Crippen molar-refractivity contribution in [1.82, 2.24) is 9.97 Å². The van der Waals surface area contributed by atoms with Crippen LogP contribution in [-0.2, 0) is 6.42 Å². The maximum absolute atomic E-state index is 13.8. The van der Waals surface area contributed by atoms with E-state index in [1.807, 2.05) is 0 Å². The Balaban J connectivity index is 2.00. The van der Waals surface area contributed by atoms with Crippen molar-refractivity contribution in [3.8, 4) is 0 Å². The molecule has 0 amide bonds. The van der Waals surface area contributed by atoms with Gasteiger partial charge in [0, 0.05) is 18.7 Å². The highest BCUT2D eigenvalue weighted by atomic mass is 19.1. The van der Waals surface area contributed by atoms with Crippen molar-refractivity contribution in [2.45, 2.75) is 18.8 Å². The third kappa shape index (κ3) is 2.13. The van der Waals surface area contributed by atoms with E-state index in [-0.39, 0.29) is 24.1 Å². The predicted octanol–water partition coefficient (Wildman–Crippen LogP) is 2.25. The second-order valence-corrected chi connectivity index (χ2v) is 4.78. The third-order valence-electron chi connectivity index (χ3n) is 3.46. The van der Waals surface area contributed by atoms with Gasteiger partial charge in [-0.05, 0) is 24.0 Å². The Bertz CT molecular complexity index is 703. The molecule has 6 heteroatoms. The summed E-state index contributed by atoms with van der Waals surface area (Å²) in [6.45, 7) is 0. The average Bonchev–Trinajstić information content (AvgIpc) is 2.37. The number of carbonyl (C=O) groups is 1. The molecule has 0 aliphatic heterocycles. The van der Waals surface area contributed by atoms with Crippen molar-refractivity contribution in [3.05, 3.63) is 52.9 Å². The molecule has 0 radical (unpaired) electrons.